The Balaban J connectivity index is 2.56. The van der Waals surface area contributed by atoms with E-state index in [4.69, 9.17) is 4.74 Å². The van der Waals surface area contributed by atoms with Crippen LogP contribution in [-0.2, 0) is 0 Å². The van der Waals surface area contributed by atoms with E-state index in [0.717, 1.165) is 12.8 Å². The lowest BCUT2D eigenvalue weighted by atomic mass is 10.1. The van der Waals surface area contributed by atoms with E-state index in [1.807, 2.05) is 0 Å². The van der Waals surface area contributed by atoms with Crippen molar-refractivity contribution < 1.29 is 14.6 Å². The van der Waals surface area contributed by atoms with E-state index in [1.54, 1.807) is 29.7 Å². The highest BCUT2D eigenvalue weighted by atomic mass is 16.5. The molecule has 2 aromatic rings. The second-order valence-electron chi connectivity index (χ2n) is 5.07. The first-order chi connectivity index (χ1) is 9.56. The second-order valence-corrected chi connectivity index (χ2v) is 5.07. The molecule has 0 unspecified atom stereocenters. The molecule has 0 radical (unpaired) electrons. The lowest BCUT2D eigenvalue weighted by Gasteiger charge is -2.18. The highest BCUT2D eigenvalue weighted by Gasteiger charge is 2.31. The van der Waals surface area contributed by atoms with Gasteiger partial charge in [-0.1, -0.05) is 6.07 Å². The van der Waals surface area contributed by atoms with Gasteiger partial charge in [-0.25, -0.2) is 4.79 Å². The molecule has 1 heterocycles. The fourth-order valence-electron chi connectivity index (χ4n) is 2.68. The van der Waals surface area contributed by atoms with Crippen LogP contribution < -0.4 is 10.2 Å². The standard InChI is InChI=1S/C15H15NO4/c1-8-12(15(18)19)16(9-6-7-9)13-10(14(8)17)4-3-5-11(13)20-2/h3-5,9H,6-7H2,1-2H3,(H,18,19). The summed E-state index contributed by atoms with van der Waals surface area (Å²) < 4.78 is 7.08. The summed E-state index contributed by atoms with van der Waals surface area (Å²) in [4.78, 5) is 24.0. The molecule has 0 atom stereocenters. The van der Waals surface area contributed by atoms with Gasteiger partial charge in [-0.15, -0.1) is 0 Å². The molecule has 0 aliphatic heterocycles. The van der Waals surface area contributed by atoms with Crippen molar-refractivity contribution >= 4 is 16.9 Å². The highest BCUT2D eigenvalue weighted by Crippen LogP contribution is 2.40. The minimum Gasteiger partial charge on any atom is -0.495 e. The summed E-state index contributed by atoms with van der Waals surface area (Å²) in [6, 6.07) is 5.36. The van der Waals surface area contributed by atoms with E-state index in [2.05, 4.69) is 0 Å². The maximum atomic E-state index is 12.4. The van der Waals surface area contributed by atoms with Crippen molar-refractivity contribution in [2.24, 2.45) is 0 Å². The average molecular weight is 273 g/mol. The van der Waals surface area contributed by atoms with E-state index < -0.39 is 5.97 Å². The number of carbonyl (C=O) groups is 1. The van der Waals surface area contributed by atoms with Crippen LogP contribution in [0.25, 0.3) is 10.9 Å². The Morgan fingerprint density at radius 3 is 2.65 bits per heavy atom. The summed E-state index contributed by atoms with van der Waals surface area (Å²) in [7, 11) is 1.52. The third-order valence-electron chi connectivity index (χ3n) is 3.76. The molecule has 1 saturated carbocycles. The first-order valence-corrected chi connectivity index (χ1v) is 6.51. The largest absolute Gasteiger partial charge is 0.495 e. The summed E-state index contributed by atoms with van der Waals surface area (Å²) in [6.07, 6.45) is 1.85. The molecule has 0 bridgehead atoms. The van der Waals surface area contributed by atoms with Gasteiger partial charge in [-0.05, 0) is 31.9 Å². The Morgan fingerprint density at radius 2 is 2.10 bits per heavy atom. The Hall–Kier alpha value is -2.30. The molecule has 20 heavy (non-hydrogen) atoms. The van der Waals surface area contributed by atoms with Gasteiger partial charge in [0.15, 0.2) is 5.43 Å². The number of methoxy groups -OCH3 is 1. The topological polar surface area (TPSA) is 68.5 Å². The molecule has 0 amide bonds. The summed E-state index contributed by atoms with van der Waals surface area (Å²) >= 11 is 0. The van der Waals surface area contributed by atoms with Crippen LogP contribution in [0.2, 0.25) is 0 Å². The predicted octanol–water partition coefficient (Wildman–Crippen LogP) is 2.35. The fraction of sp³-hybridized carbons (Fsp3) is 0.333. The van der Waals surface area contributed by atoms with Gasteiger partial charge in [-0.2, -0.15) is 0 Å². The maximum Gasteiger partial charge on any atom is 0.352 e. The van der Waals surface area contributed by atoms with E-state index in [9.17, 15) is 14.7 Å². The van der Waals surface area contributed by atoms with Gasteiger partial charge in [0.1, 0.15) is 11.4 Å². The Kier molecular flexibility index (Phi) is 2.78. The average Bonchev–Trinajstić information content (AvgIpc) is 3.25. The molecule has 3 rings (SSSR count). The molecule has 5 heteroatoms. The van der Waals surface area contributed by atoms with Crippen molar-refractivity contribution in [3.8, 4) is 5.75 Å². The predicted molar refractivity (Wildman–Crippen MR) is 74.7 cm³/mol. The van der Waals surface area contributed by atoms with E-state index in [0.29, 0.717) is 16.7 Å². The number of hydrogen-bond donors (Lipinski definition) is 1. The van der Waals surface area contributed by atoms with Crippen LogP contribution in [0.3, 0.4) is 0 Å². The highest BCUT2D eigenvalue weighted by molar-refractivity contribution is 5.94. The molecule has 5 nitrogen and oxygen atoms in total. The molecule has 1 aromatic heterocycles. The van der Waals surface area contributed by atoms with Gasteiger partial charge < -0.3 is 14.4 Å². The number of nitrogens with zero attached hydrogens (tertiary/aromatic N) is 1. The Bertz CT molecular complexity index is 772. The number of carboxylic acids is 1. The van der Waals surface area contributed by atoms with Crippen LogP contribution in [0.5, 0.6) is 5.75 Å². The number of ether oxygens (including phenoxy) is 1. The fourth-order valence-corrected chi connectivity index (χ4v) is 2.68. The number of pyridine rings is 1. The molecular formula is C15H15NO4. The van der Waals surface area contributed by atoms with Gasteiger partial charge in [0.05, 0.1) is 12.6 Å². The third kappa shape index (κ3) is 1.70. The zero-order valence-electron chi connectivity index (χ0n) is 11.3. The van der Waals surface area contributed by atoms with Crippen LogP contribution in [0.4, 0.5) is 0 Å². The molecule has 1 fully saturated rings. The smallest absolute Gasteiger partial charge is 0.352 e. The summed E-state index contributed by atoms with van der Waals surface area (Å²) in [6.45, 7) is 1.57. The van der Waals surface area contributed by atoms with E-state index in [1.165, 1.54) is 7.11 Å². The lowest BCUT2D eigenvalue weighted by molar-refractivity contribution is 0.0683. The van der Waals surface area contributed by atoms with E-state index >= 15 is 0 Å². The molecule has 1 aliphatic rings. The van der Waals surface area contributed by atoms with Gasteiger partial charge in [0, 0.05) is 17.0 Å². The zero-order valence-corrected chi connectivity index (χ0v) is 11.3. The number of rotatable bonds is 3. The summed E-state index contributed by atoms with van der Waals surface area (Å²) in [5.41, 5.74) is 0.707. The van der Waals surface area contributed by atoms with Gasteiger partial charge in [0.25, 0.3) is 0 Å². The minimum atomic E-state index is -1.07. The number of fused-ring (bicyclic) bond motifs is 1. The minimum absolute atomic E-state index is 0.0782. The number of aromatic carboxylic acids is 1. The summed E-state index contributed by atoms with van der Waals surface area (Å²) in [5, 5.41) is 9.98. The number of hydrogen-bond acceptors (Lipinski definition) is 3. The Morgan fingerprint density at radius 1 is 1.40 bits per heavy atom. The van der Waals surface area contributed by atoms with Gasteiger partial charge >= 0.3 is 5.97 Å². The monoisotopic (exact) mass is 273 g/mol. The quantitative estimate of drug-likeness (QED) is 0.932. The molecular weight excluding hydrogens is 258 g/mol. The first kappa shape index (κ1) is 12.7. The molecule has 0 spiro atoms. The van der Waals surface area contributed by atoms with Crippen molar-refractivity contribution in [3.05, 3.63) is 39.7 Å². The summed E-state index contributed by atoms with van der Waals surface area (Å²) in [5.74, 6) is -0.534. The number of carboxylic acid groups (broad SMARTS) is 1. The zero-order chi connectivity index (χ0) is 14.4. The normalized spacial score (nSPS) is 14.5. The number of para-hydroxylation sites is 1. The van der Waals surface area contributed by atoms with Crippen LogP contribution in [-0.4, -0.2) is 22.8 Å². The molecule has 1 aromatic carbocycles. The number of benzene rings is 1. The third-order valence-corrected chi connectivity index (χ3v) is 3.76. The van der Waals surface area contributed by atoms with Crippen LogP contribution in [0.15, 0.2) is 23.0 Å². The molecule has 1 N–H and O–H groups in total. The van der Waals surface area contributed by atoms with Crippen molar-refractivity contribution in [2.75, 3.05) is 7.11 Å². The molecule has 1 aliphatic carbocycles. The van der Waals surface area contributed by atoms with Crippen LogP contribution in [0, 0.1) is 6.92 Å². The van der Waals surface area contributed by atoms with Crippen molar-refractivity contribution in [1.29, 1.82) is 0 Å². The Labute approximate surface area is 115 Å². The van der Waals surface area contributed by atoms with Crippen molar-refractivity contribution in [2.45, 2.75) is 25.8 Å². The first-order valence-electron chi connectivity index (χ1n) is 6.51. The molecule has 0 saturated heterocycles. The maximum absolute atomic E-state index is 12.4. The van der Waals surface area contributed by atoms with Crippen molar-refractivity contribution in [3.63, 3.8) is 0 Å². The number of aromatic nitrogens is 1. The van der Waals surface area contributed by atoms with Crippen LogP contribution in [0.1, 0.15) is 34.9 Å². The van der Waals surface area contributed by atoms with Gasteiger partial charge in [-0.3, -0.25) is 4.79 Å². The molecule has 104 valence electrons. The lowest BCUT2D eigenvalue weighted by Crippen LogP contribution is -2.22. The van der Waals surface area contributed by atoms with Crippen molar-refractivity contribution in [1.82, 2.24) is 4.57 Å². The van der Waals surface area contributed by atoms with Gasteiger partial charge in [0.2, 0.25) is 0 Å². The second kappa shape index (κ2) is 4.37. The SMILES string of the molecule is COc1cccc2c(=O)c(C)c(C(=O)O)n(C3CC3)c12. The van der Waals surface area contributed by atoms with E-state index in [-0.39, 0.29) is 22.7 Å². The van der Waals surface area contributed by atoms with Crippen LogP contribution >= 0.6 is 0 Å².